The van der Waals surface area contributed by atoms with Crippen molar-refractivity contribution in [2.24, 2.45) is 0 Å². The number of thioether (sulfide) groups is 1. The van der Waals surface area contributed by atoms with E-state index in [1.54, 1.807) is 18.4 Å². The normalized spacial score (nSPS) is 14.1. The topological polar surface area (TPSA) is 74.5 Å². The lowest BCUT2D eigenvalue weighted by atomic mass is 10.2. The number of hydrogen-bond donors (Lipinski definition) is 3. The maximum atomic E-state index is 11.5. The maximum Gasteiger partial charge on any atom is 0.315 e. The molecule has 0 aliphatic rings. The molecule has 0 bridgehead atoms. The van der Waals surface area contributed by atoms with E-state index in [1.165, 1.54) is 11.8 Å². The van der Waals surface area contributed by atoms with E-state index in [2.05, 4.69) is 10.6 Å². The molecular weight excluding hydrogens is 240 g/mol. The van der Waals surface area contributed by atoms with E-state index in [1.807, 2.05) is 13.2 Å². The Labute approximate surface area is 105 Å². The molecule has 0 aliphatic heterocycles. The Morgan fingerprint density at radius 2 is 2.41 bits per heavy atom. The van der Waals surface area contributed by atoms with Crippen molar-refractivity contribution < 1.29 is 14.3 Å². The minimum Gasteiger partial charge on any atom is -0.467 e. The van der Waals surface area contributed by atoms with Crippen molar-refractivity contribution in [3.8, 4) is 0 Å². The van der Waals surface area contributed by atoms with Crippen LogP contribution in [-0.4, -0.2) is 35.3 Å². The van der Waals surface area contributed by atoms with Gasteiger partial charge >= 0.3 is 6.03 Å². The van der Waals surface area contributed by atoms with E-state index in [-0.39, 0.29) is 23.9 Å². The fourth-order valence-electron chi connectivity index (χ4n) is 1.37. The van der Waals surface area contributed by atoms with Crippen LogP contribution >= 0.6 is 11.8 Å². The van der Waals surface area contributed by atoms with Gasteiger partial charge in [-0.2, -0.15) is 11.8 Å². The van der Waals surface area contributed by atoms with E-state index in [4.69, 9.17) is 9.52 Å². The Morgan fingerprint density at radius 1 is 1.65 bits per heavy atom. The molecule has 0 saturated heterocycles. The van der Waals surface area contributed by atoms with Gasteiger partial charge in [-0.3, -0.25) is 0 Å². The molecule has 1 aromatic rings. The first-order valence-electron chi connectivity index (χ1n) is 5.37. The van der Waals surface area contributed by atoms with Gasteiger partial charge in [0.2, 0.25) is 0 Å². The maximum absolute atomic E-state index is 11.5. The molecule has 0 spiro atoms. The van der Waals surface area contributed by atoms with Crippen LogP contribution in [-0.2, 0) is 6.54 Å². The number of carbonyl (C=O) groups is 1. The van der Waals surface area contributed by atoms with Gasteiger partial charge in [0.25, 0.3) is 0 Å². The van der Waals surface area contributed by atoms with Crippen LogP contribution in [0.15, 0.2) is 22.8 Å². The number of carbonyl (C=O) groups excluding carboxylic acids is 1. The first-order valence-corrected chi connectivity index (χ1v) is 6.66. The third kappa shape index (κ3) is 4.70. The number of amides is 2. The SMILES string of the molecule is CS[C@@H](CO)[C@@H](C)NC(=O)NCc1ccco1. The second kappa shape index (κ2) is 7.24. The number of nitrogens with one attached hydrogen (secondary N) is 2. The molecule has 2 amide bonds. The summed E-state index contributed by atoms with van der Waals surface area (Å²) in [5, 5.41) is 14.5. The van der Waals surface area contributed by atoms with Crippen molar-refractivity contribution >= 4 is 17.8 Å². The van der Waals surface area contributed by atoms with Crippen molar-refractivity contribution in [3.05, 3.63) is 24.2 Å². The molecule has 3 N–H and O–H groups in total. The van der Waals surface area contributed by atoms with Gasteiger partial charge in [-0.25, -0.2) is 4.79 Å². The first-order chi connectivity index (χ1) is 8.17. The van der Waals surface area contributed by atoms with Gasteiger partial charge in [-0.15, -0.1) is 0 Å². The van der Waals surface area contributed by atoms with Gasteiger partial charge in [0.15, 0.2) is 0 Å². The molecule has 5 nitrogen and oxygen atoms in total. The highest BCUT2D eigenvalue weighted by Gasteiger charge is 2.17. The predicted octanol–water partition coefficient (Wildman–Crippen LogP) is 1.19. The van der Waals surface area contributed by atoms with E-state index in [0.717, 1.165) is 0 Å². The van der Waals surface area contributed by atoms with Crippen LogP contribution in [0.2, 0.25) is 0 Å². The molecule has 0 aliphatic carbocycles. The third-order valence-electron chi connectivity index (χ3n) is 2.40. The first kappa shape index (κ1) is 13.9. The molecule has 0 fully saturated rings. The largest absolute Gasteiger partial charge is 0.467 e. The van der Waals surface area contributed by atoms with Crippen LogP contribution in [0.1, 0.15) is 12.7 Å². The van der Waals surface area contributed by atoms with Gasteiger partial charge in [-0.05, 0) is 25.3 Å². The van der Waals surface area contributed by atoms with Gasteiger partial charge < -0.3 is 20.2 Å². The summed E-state index contributed by atoms with van der Waals surface area (Å²) >= 11 is 1.52. The highest BCUT2D eigenvalue weighted by atomic mass is 32.2. The molecule has 96 valence electrons. The predicted molar refractivity (Wildman–Crippen MR) is 67.9 cm³/mol. The summed E-state index contributed by atoms with van der Waals surface area (Å²) in [6, 6.07) is 3.21. The zero-order chi connectivity index (χ0) is 12.7. The standard InChI is InChI=1S/C11H18N2O3S/c1-8(10(7-14)17-2)13-11(15)12-6-9-4-3-5-16-9/h3-5,8,10,14H,6-7H2,1-2H3,(H2,12,13,15)/t8-,10+/m1/s1. The minimum absolute atomic E-state index is 0.00404. The number of rotatable bonds is 6. The van der Waals surface area contributed by atoms with E-state index >= 15 is 0 Å². The summed E-state index contributed by atoms with van der Waals surface area (Å²) in [5.41, 5.74) is 0. The molecule has 1 heterocycles. The molecule has 0 radical (unpaired) electrons. The van der Waals surface area contributed by atoms with Gasteiger partial charge in [0.1, 0.15) is 5.76 Å². The summed E-state index contributed by atoms with van der Waals surface area (Å²) in [5.74, 6) is 0.705. The number of hydrogen-bond acceptors (Lipinski definition) is 4. The van der Waals surface area contributed by atoms with Crippen LogP contribution in [0.4, 0.5) is 4.79 Å². The van der Waals surface area contributed by atoms with Crippen molar-refractivity contribution in [3.63, 3.8) is 0 Å². The van der Waals surface area contributed by atoms with E-state index < -0.39 is 0 Å². The van der Waals surface area contributed by atoms with Crippen LogP contribution < -0.4 is 10.6 Å². The van der Waals surface area contributed by atoms with Crippen molar-refractivity contribution in [1.82, 2.24) is 10.6 Å². The zero-order valence-corrected chi connectivity index (χ0v) is 10.8. The summed E-state index contributed by atoms with van der Waals surface area (Å²) in [7, 11) is 0. The minimum atomic E-state index is -0.263. The lowest BCUT2D eigenvalue weighted by Gasteiger charge is -2.21. The van der Waals surface area contributed by atoms with E-state index in [9.17, 15) is 4.79 Å². The third-order valence-corrected chi connectivity index (χ3v) is 3.57. The van der Waals surface area contributed by atoms with Crippen LogP contribution in [0.25, 0.3) is 0 Å². The number of urea groups is 1. The summed E-state index contributed by atoms with van der Waals surface area (Å²) in [6.45, 7) is 2.26. The number of aliphatic hydroxyl groups excluding tert-OH is 1. The second-order valence-corrected chi connectivity index (χ2v) is 4.73. The Balaban J connectivity index is 2.29. The van der Waals surface area contributed by atoms with Gasteiger partial charge in [0.05, 0.1) is 19.4 Å². The smallest absolute Gasteiger partial charge is 0.315 e. The fourth-order valence-corrected chi connectivity index (χ4v) is 1.99. The highest BCUT2D eigenvalue weighted by Crippen LogP contribution is 2.09. The molecule has 6 heteroatoms. The van der Waals surface area contributed by atoms with Crippen molar-refractivity contribution in [2.75, 3.05) is 12.9 Å². The molecule has 1 aromatic heterocycles. The van der Waals surface area contributed by atoms with Crippen LogP contribution in [0, 0.1) is 0 Å². The summed E-state index contributed by atoms with van der Waals surface area (Å²) in [6.07, 6.45) is 3.47. The zero-order valence-electron chi connectivity index (χ0n) is 9.97. The van der Waals surface area contributed by atoms with Crippen molar-refractivity contribution in [2.45, 2.75) is 24.8 Å². The van der Waals surface area contributed by atoms with Crippen LogP contribution in [0.5, 0.6) is 0 Å². The Kier molecular flexibility index (Phi) is 5.93. The Morgan fingerprint density at radius 3 is 2.94 bits per heavy atom. The summed E-state index contributed by atoms with van der Waals surface area (Å²) in [4.78, 5) is 11.5. The number of furan rings is 1. The molecule has 0 aromatic carbocycles. The monoisotopic (exact) mass is 258 g/mol. The number of aliphatic hydroxyl groups is 1. The molecule has 0 unspecified atom stereocenters. The van der Waals surface area contributed by atoms with Crippen LogP contribution in [0.3, 0.4) is 0 Å². The molecule has 17 heavy (non-hydrogen) atoms. The Hall–Kier alpha value is -1.14. The molecule has 1 rings (SSSR count). The summed E-state index contributed by atoms with van der Waals surface area (Å²) < 4.78 is 5.09. The fraction of sp³-hybridized carbons (Fsp3) is 0.545. The highest BCUT2D eigenvalue weighted by molar-refractivity contribution is 7.99. The average Bonchev–Trinajstić information content (AvgIpc) is 2.81. The molecule has 2 atom stereocenters. The quantitative estimate of drug-likeness (QED) is 0.716. The Bertz CT molecular complexity index is 325. The lowest BCUT2D eigenvalue weighted by molar-refractivity contribution is 0.231. The second-order valence-electron chi connectivity index (χ2n) is 3.65. The molecule has 0 saturated carbocycles. The van der Waals surface area contributed by atoms with E-state index in [0.29, 0.717) is 12.3 Å². The average molecular weight is 258 g/mol. The van der Waals surface area contributed by atoms with Crippen molar-refractivity contribution in [1.29, 1.82) is 0 Å². The van der Waals surface area contributed by atoms with Gasteiger partial charge in [0, 0.05) is 11.3 Å². The lowest BCUT2D eigenvalue weighted by Crippen LogP contribution is -2.45. The molecular formula is C11H18N2O3S. The van der Waals surface area contributed by atoms with Gasteiger partial charge in [-0.1, -0.05) is 0 Å².